The van der Waals surface area contributed by atoms with Gasteiger partial charge in [-0.25, -0.2) is 9.97 Å². The number of hydrogen-bond acceptors (Lipinski definition) is 4. The third-order valence-electron chi connectivity index (χ3n) is 7.23. The number of benzene rings is 1. The van der Waals surface area contributed by atoms with Gasteiger partial charge in [-0.15, -0.1) is 0 Å². The summed E-state index contributed by atoms with van der Waals surface area (Å²) in [5.41, 5.74) is 14.3. The van der Waals surface area contributed by atoms with Gasteiger partial charge < -0.3 is 11.1 Å². The fourth-order valence-corrected chi connectivity index (χ4v) is 5.60. The number of rotatable bonds is 4. The molecule has 0 saturated heterocycles. The number of anilines is 1. The van der Waals surface area contributed by atoms with E-state index in [1.807, 2.05) is 50.4 Å². The van der Waals surface area contributed by atoms with Crippen molar-refractivity contribution in [2.75, 3.05) is 5.73 Å². The van der Waals surface area contributed by atoms with Gasteiger partial charge in [-0.3, -0.25) is 4.79 Å². The molecule has 2 unspecified atom stereocenters. The monoisotopic (exact) mass is 445 g/mol. The minimum absolute atomic E-state index is 0.0791. The number of amides is 1. The molecule has 1 amide bonds. The summed E-state index contributed by atoms with van der Waals surface area (Å²) in [6.45, 7) is 4.34. The molecule has 34 heavy (non-hydrogen) atoms. The molecule has 6 rings (SSSR count). The Morgan fingerprint density at radius 2 is 2.09 bits per heavy atom. The van der Waals surface area contributed by atoms with Crippen LogP contribution in [0.5, 0.6) is 0 Å². The van der Waals surface area contributed by atoms with Gasteiger partial charge in [0.1, 0.15) is 16.7 Å². The molecule has 1 aromatic carbocycles. The van der Waals surface area contributed by atoms with Gasteiger partial charge in [0, 0.05) is 53.9 Å². The maximum Gasteiger partial charge on any atom is 0.251 e. The molecule has 3 aliphatic carbocycles. The second-order valence-electron chi connectivity index (χ2n) is 9.26. The Hall–Kier alpha value is -4.08. The number of nitrogens with zero attached hydrogens (tertiary/aromatic N) is 2. The molecule has 2 bridgehead atoms. The molecule has 0 spiro atoms. The van der Waals surface area contributed by atoms with E-state index in [0.717, 1.165) is 39.4 Å². The minimum Gasteiger partial charge on any atom is -0.384 e. The molecule has 3 N–H and O–H groups in total. The average Bonchev–Trinajstić information content (AvgIpc) is 3.42. The molecule has 2 atom stereocenters. The molecule has 0 saturated carbocycles. The SMILES string of the molecule is Cc1cc(N)nc(C)c1CNC(=O)c1ccc2c(c1)C1CC2C=C1c1nccc2c1=CC=C[C+]=2. The molecule has 2 aromatic heterocycles. The summed E-state index contributed by atoms with van der Waals surface area (Å²) >= 11 is 0. The normalized spacial score (nSPS) is 18.8. The highest BCUT2D eigenvalue weighted by Gasteiger charge is 2.40. The van der Waals surface area contributed by atoms with Gasteiger partial charge in [-0.2, -0.15) is 0 Å². The van der Waals surface area contributed by atoms with E-state index in [2.05, 4.69) is 40.7 Å². The predicted octanol–water partition coefficient (Wildman–Crippen LogP) is 3.28. The molecule has 0 radical (unpaired) electrons. The van der Waals surface area contributed by atoms with Crippen LogP contribution in [0.4, 0.5) is 5.82 Å². The van der Waals surface area contributed by atoms with Crippen LogP contribution in [0.15, 0.2) is 54.8 Å². The number of nitrogen functional groups attached to an aromatic ring is 1. The molecule has 166 valence electrons. The van der Waals surface area contributed by atoms with Crippen LogP contribution in [-0.4, -0.2) is 15.9 Å². The number of aromatic nitrogens is 2. The summed E-state index contributed by atoms with van der Waals surface area (Å²) in [7, 11) is 0. The smallest absolute Gasteiger partial charge is 0.251 e. The Balaban J connectivity index is 1.28. The van der Waals surface area contributed by atoms with Crippen molar-refractivity contribution in [2.24, 2.45) is 0 Å². The first kappa shape index (κ1) is 20.5. The van der Waals surface area contributed by atoms with Gasteiger partial charge in [0.2, 0.25) is 0 Å². The Morgan fingerprint density at radius 3 is 2.94 bits per heavy atom. The maximum atomic E-state index is 13.1. The Kier molecular flexibility index (Phi) is 4.68. The van der Waals surface area contributed by atoms with E-state index in [0.29, 0.717) is 23.8 Å². The number of nitrogens with one attached hydrogen (secondary N) is 1. The predicted molar refractivity (Wildman–Crippen MR) is 134 cm³/mol. The van der Waals surface area contributed by atoms with Gasteiger partial charge >= 0.3 is 0 Å². The third kappa shape index (κ3) is 3.25. The van der Waals surface area contributed by atoms with E-state index < -0.39 is 0 Å². The quantitative estimate of drug-likeness (QED) is 0.604. The Morgan fingerprint density at radius 1 is 1.21 bits per heavy atom. The Bertz CT molecular complexity index is 1520. The molecule has 0 fully saturated rings. The highest BCUT2D eigenvalue weighted by Crippen LogP contribution is 2.54. The number of pyridine rings is 2. The first-order valence-corrected chi connectivity index (χ1v) is 11.6. The zero-order valence-electron chi connectivity index (χ0n) is 19.2. The zero-order chi connectivity index (χ0) is 23.4. The van der Waals surface area contributed by atoms with E-state index >= 15 is 0 Å². The van der Waals surface area contributed by atoms with Crippen molar-refractivity contribution in [3.8, 4) is 0 Å². The fraction of sp³-hybridized carbons (Fsp3) is 0.207. The summed E-state index contributed by atoms with van der Waals surface area (Å²) in [6, 6.07) is 9.97. The number of carbonyl (C=O) groups is 1. The molecule has 3 aromatic rings. The summed E-state index contributed by atoms with van der Waals surface area (Å²) < 4.78 is 0. The van der Waals surface area contributed by atoms with Gasteiger partial charge in [0.05, 0.1) is 12.3 Å². The molecule has 5 nitrogen and oxygen atoms in total. The van der Waals surface area contributed by atoms with Crippen molar-refractivity contribution < 1.29 is 4.79 Å². The molecular formula is C29H25N4O+. The molecule has 5 heteroatoms. The van der Waals surface area contributed by atoms with Crippen LogP contribution in [-0.2, 0) is 6.54 Å². The lowest BCUT2D eigenvalue weighted by atomic mass is 9.87. The lowest BCUT2D eigenvalue weighted by Gasteiger charge is -2.18. The number of allylic oxidation sites excluding steroid dienone is 4. The van der Waals surface area contributed by atoms with Crippen LogP contribution in [0.25, 0.3) is 17.7 Å². The van der Waals surface area contributed by atoms with E-state index in [4.69, 9.17) is 10.7 Å². The van der Waals surface area contributed by atoms with Crippen molar-refractivity contribution in [3.63, 3.8) is 0 Å². The third-order valence-corrected chi connectivity index (χ3v) is 7.23. The number of fused-ring (bicyclic) bond motifs is 6. The highest BCUT2D eigenvalue weighted by atomic mass is 16.1. The second-order valence-corrected chi connectivity index (χ2v) is 9.26. The summed E-state index contributed by atoms with van der Waals surface area (Å²) in [6.07, 6.45) is 14.6. The summed E-state index contributed by atoms with van der Waals surface area (Å²) in [4.78, 5) is 22.1. The number of carbonyl (C=O) groups excluding carboxylic acids is 1. The second kappa shape index (κ2) is 7.75. The maximum absolute atomic E-state index is 13.1. The van der Waals surface area contributed by atoms with Crippen LogP contribution in [0, 0.1) is 13.8 Å². The van der Waals surface area contributed by atoms with Crippen LogP contribution in [0.2, 0.25) is 0 Å². The molecule has 3 aliphatic rings. The van der Waals surface area contributed by atoms with Crippen molar-refractivity contribution >= 4 is 29.5 Å². The van der Waals surface area contributed by atoms with Gasteiger partial charge in [-0.1, -0.05) is 12.1 Å². The lowest BCUT2D eigenvalue weighted by Crippen LogP contribution is -2.30. The minimum atomic E-state index is -0.0791. The Labute approximate surface area is 198 Å². The molecule has 0 aliphatic heterocycles. The van der Waals surface area contributed by atoms with E-state index in [9.17, 15) is 4.79 Å². The van der Waals surface area contributed by atoms with Crippen molar-refractivity contribution in [2.45, 2.75) is 38.6 Å². The lowest BCUT2D eigenvalue weighted by molar-refractivity contribution is 0.0950. The van der Waals surface area contributed by atoms with Crippen LogP contribution < -0.4 is 21.5 Å². The number of nitrogens with two attached hydrogens (primary N) is 1. The molecular weight excluding hydrogens is 420 g/mol. The zero-order valence-corrected chi connectivity index (χ0v) is 19.2. The summed E-state index contributed by atoms with van der Waals surface area (Å²) in [5.74, 6) is 1.06. The van der Waals surface area contributed by atoms with Crippen molar-refractivity contribution in [3.05, 3.63) is 104 Å². The summed E-state index contributed by atoms with van der Waals surface area (Å²) in [5, 5.41) is 5.27. The first-order valence-electron chi connectivity index (χ1n) is 11.6. The largest absolute Gasteiger partial charge is 0.384 e. The van der Waals surface area contributed by atoms with Crippen LogP contribution in [0.3, 0.4) is 0 Å². The topological polar surface area (TPSA) is 80.9 Å². The van der Waals surface area contributed by atoms with Crippen LogP contribution in [0.1, 0.15) is 62.3 Å². The standard InChI is InChI=1S/C29H24N4O/c1-16-11-27(30)33-17(2)26(16)15-32-29(34)19-7-8-21-20-13-24(23(21)12-19)25(14-20)28-22-6-4-3-5-18(22)9-10-31-28/h3-4,6-12,14,20,24H,13,15H2,1-2H3,(H2-,30,32,33,34)/p+1. The van der Waals surface area contributed by atoms with E-state index in [-0.39, 0.29) is 11.8 Å². The first-order chi connectivity index (χ1) is 16.5. The van der Waals surface area contributed by atoms with E-state index in [1.165, 1.54) is 16.7 Å². The van der Waals surface area contributed by atoms with E-state index in [1.54, 1.807) is 0 Å². The number of hydrogen-bond donors (Lipinski definition) is 2. The fourth-order valence-electron chi connectivity index (χ4n) is 5.60. The molecule has 2 heterocycles. The van der Waals surface area contributed by atoms with Gasteiger partial charge in [-0.05, 0) is 66.3 Å². The van der Waals surface area contributed by atoms with Gasteiger partial charge in [0.15, 0.2) is 5.22 Å². The van der Waals surface area contributed by atoms with Crippen LogP contribution >= 0.6 is 0 Å². The van der Waals surface area contributed by atoms with Crippen molar-refractivity contribution in [1.82, 2.24) is 15.3 Å². The highest BCUT2D eigenvalue weighted by molar-refractivity contribution is 5.95. The van der Waals surface area contributed by atoms with Crippen molar-refractivity contribution in [1.29, 1.82) is 0 Å². The van der Waals surface area contributed by atoms with Gasteiger partial charge in [0.25, 0.3) is 5.91 Å². The average molecular weight is 446 g/mol. The number of aryl methyl sites for hydroxylation is 2.